The molecule has 0 bridgehead atoms. The molecule has 2 heterocycles. The maximum atomic E-state index is 5.31. The van der Waals surface area contributed by atoms with E-state index in [1.54, 1.807) is 13.3 Å². The van der Waals surface area contributed by atoms with E-state index < -0.39 is 0 Å². The number of aromatic nitrogens is 2. The molecule has 2 aromatic heterocycles. The molecule has 0 saturated carbocycles. The summed E-state index contributed by atoms with van der Waals surface area (Å²) in [5.74, 6) is 0.818. The summed E-state index contributed by atoms with van der Waals surface area (Å²) in [4.78, 5) is 8.63. The molecular weight excluding hydrogens is 176 g/mol. The van der Waals surface area contributed by atoms with E-state index in [0.29, 0.717) is 0 Å². The quantitative estimate of drug-likeness (QED) is 0.688. The molecule has 0 N–H and O–H groups in total. The van der Waals surface area contributed by atoms with Crippen LogP contribution in [-0.2, 0) is 0 Å². The highest BCUT2D eigenvalue weighted by molar-refractivity contribution is 5.84. The zero-order valence-corrected chi connectivity index (χ0v) is 8.53. The summed E-state index contributed by atoms with van der Waals surface area (Å²) in [6, 6.07) is 1.95. The number of hydrogen-bond donors (Lipinski definition) is 0. The van der Waals surface area contributed by atoms with Crippen LogP contribution in [0.25, 0.3) is 11.0 Å². The molecule has 0 aromatic carbocycles. The molecule has 3 nitrogen and oxygen atoms in total. The van der Waals surface area contributed by atoms with E-state index in [4.69, 9.17) is 4.74 Å². The highest BCUT2D eigenvalue weighted by atomic mass is 16.5. The van der Waals surface area contributed by atoms with Gasteiger partial charge in [0.15, 0.2) is 5.75 Å². The van der Waals surface area contributed by atoms with Crippen molar-refractivity contribution in [2.24, 2.45) is 0 Å². The van der Waals surface area contributed by atoms with Gasteiger partial charge in [-0.05, 0) is 25.5 Å². The van der Waals surface area contributed by atoms with E-state index in [9.17, 15) is 0 Å². The van der Waals surface area contributed by atoms with Crippen LogP contribution in [0.5, 0.6) is 5.75 Å². The summed E-state index contributed by atoms with van der Waals surface area (Å²) in [6.45, 7) is 3.99. The van der Waals surface area contributed by atoms with Gasteiger partial charge in [0.25, 0.3) is 0 Å². The first-order valence-electron chi connectivity index (χ1n) is 4.49. The Hall–Kier alpha value is -1.64. The van der Waals surface area contributed by atoms with Crippen LogP contribution in [-0.4, -0.2) is 17.1 Å². The predicted molar refractivity (Wildman–Crippen MR) is 55.6 cm³/mol. The van der Waals surface area contributed by atoms with Crippen LogP contribution in [0, 0.1) is 13.8 Å². The number of aryl methyl sites for hydroxylation is 2. The number of ether oxygens (including phenoxy) is 1. The average Bonchev–Trinajstić information content (AvgIpc) is 2.18. The second-order valence-electron chi connectivity index (χ2n) is 3.30. The van der Waals surface area contributed by atoms with Crippen LogP contribution in [0.1, 0.15) is 11.1 Å². The van der Waals surface area contributed by atoms with Crippen molar-refractivity contribution in [2.45, 2.75) is 13.8 Å². The van der Waals surface area contributed by atoms with E-state index in [-0.39, 0.29) is 0 Å². The first kappa shape index (κ1) is 8.94. The van der Waals surface area contributed by atoms with Crippen molar-refractivity contribution in [3.05, 3.63) is 29.6 Å². The molecule has 72 valence electrons. The Kier molecular flexibility index (Phi) is 2.08. The Morgan fingerprint density at radius 2 is 1.86 bits per heavy atom. The van der Waals surface area contributed by atoms with Crippen LogP contribution >= 0.6 is 0 Å². The van der Waals surface area contributed by atoms with Crippen LogP contribution in [0.15, 0.2) is 18.5 Å². The molecule has 0 atom stereocenters. The molecule has 0 radical (unpaired) electrons. The maximum Gasteiger partial charge on any atom is 0.151 e. The fraction of sp³-hybridized carbons (Fsp3) is 0.273. The van der Waals surface area contributed by atoms with E-state index >= 15 is 0 Å². The molecule has 0 aliphatic rings. The van der Waals surface area contributed by atoms with Gasteiger partial charge >= 0.3 is 0 Å². The zero-order chi connectivity index (χ0) is 10.1. The first-order valence-corrected chi connectivity index (χ1v) is 4.49. The maximum absolute atomic E-state index is 5.31. The van der Waals surface area contributed by atoms with Crippen molar-refractivity contribution >= 4 is 11.0 Å². The van der Waals surface area contributed by atoms with Crippen LogP contribution in [0.3, 0.4) is 0 Å². The minimum absolute atomic E-state index is 0.818. The molecule has 0 saturated heterocycles. The van der Waals surface area contributed by atoms with Gasteiger partial charge in [-0.25, -0.2) is 0 Å². The van der Waals surface area contributed by atoms with Crippen molar-refractivity contribution in [3.8, 4) is 5.75 Å². The lowest BCUT2D eigenvalue weighted by Gasteiger charge is -2.07. The van der Waals surface area contributed by atoms with Crippen molar-refractivity contribution in [3.63, 3.8) is 0 Å². The minimum atomic E-state index is 0.818. The van der Waals surface area contributed by atoms with Crippen molar-refractivity contribution < 1.29 is 4.74 Å². The van der Waals surface area contributed by atoms with Crippen molar-refractivity contribution in [1.29, 1.82) is 0 Å². The second-order valence-corrected chi connectivity index (χ2v) is 3.30. The highest BCUT2D eigenvalue weighted by Crippen LogP contribution is 2.26. The monoisotopic (exact) mass is 188 g/mol. The zero-order valence-electron chi connectivity index (χ0n) is 8.53. The van der Waals surface area contributed by atoms with E-state index in [1.165, 1.54) is 0 Å². The number of hydrogen-bond acceptors (Lipinski definition) is 3. The Balaban J connectivity index is 2.88. The molecule has 0 spiro atoms. The molecule has 0 amide bonds. The summed E-state index contributed by atoms with van der Waals surface area (Å²) in [6.07, 6.45) is 3.59. The van der Waals surface area contributed by atoms with Gasteiger partial charge in [-0.1, -0.05) is 0 Å². The van der Waals surface area contributed by atoms with Gasteiger partial charge < -0.3 is 4.74 Å². The third-order valence-corrected chi connectivity index (χ3v) is 2.29. The molecule has 0 aliphatic heterocycles. The predicted octanol–water partition coefficient (Wildman–Crippen LogP) is 2.26. The number of rotatable bonds is 1. The third kappa shape index (κ3) is 1.21. The fourth-order valence-electron chi connectivity index (χ4n) is 1.54. The summed E-state index contributed by atoms with van der Waals surface area (Å²) in [5, 5.41) is 0. The van der Waals surface area contributed by atoms with Crippen molar-refractivity contribution in [1.82, 2.24) is 9.97 Å². The normalized spacial score (nSPS) is 10.5. The highest BCUT2D eigenvalue weighted by Gasteiger charge is 2.08. The molecule has 0 unspecified atom stereocenters. The number of nitrogens with zero attached hydrogens (tertiary/aromatic N) is 2. The Bertz CT molecular complexity index is 480. The lowest BCUT2D eigenvalue weighted by Crippen LogP contribution is -1.94. The van der Waals surface area contributed by atoms with Crippen LogP contribution in [0.2, 0.25) is 0 Å². The summed E-state index contributed by atoms with van der Waals surface area (Å²) in [5.41, 5.74) is 3.88. The Labute approximate surface area is 82.8 Å². The summed E-state index contributed by atoms with van der Waals surface area (Å²) < 4.78 is 5.31. The van der Waals surface area contributed by atoms with Crippen LogP contribution < -0.4 is 4.74 Å². The largest absolute Gasteiger partial charge is 0.494 e. The summed E-state index contributed by atoms with van der Waals surface area (Å²) in [7, 11) is 1.66. The smallest absolute Gasteiger partial charge is 0.151 e. The fourth-order valence-corrected chi connectivity index (χ4v) is 1.54. The molecule has 0 fully saturated rings. The van der Waals surface area contributed by atoms with Gasteiger partial charge in [0, 0.05) is 18.0 Å². The molecule has 0 aliphatic carbocycles. The van der Waals surface area contributed by atoms with Gasteiger partial charge in [-0.2, -0.15) is 0 Å². The standard InChI is InChI=1S/C11H12N2O/c1-7-4-5-12-10-9(7)13-6-8(2)11(10)14-3/h4-6H,1-3H3. The van der Waals surface area contributed by atoms with Gasteiger partial charge in [0.1, 0.15) is 5.52 Å². The first-order chi connectivity index (χ1) is 6.74. The molecule has 14 heavy (non-hydrogen) atoms. The average molecular weight is 188 g/mol. The van der Waals surface area contributed by atoms with Gasteiger partial charge in [-0.3, -0.25) is 9.97 Å². The lowest BCUT2D eigenvalue weighted by molar-refractivity contribution is 0.415. The number of methoxy groups -OCH3 is 1. The minimum Gasteiger partial charge on any atom is -0.494 e. The molecule has 3 heteroatoms. The lowest BCUT2D eigenvalue weighted by atomic mass is 10.2. The molecular formula is C11H12N2O. The number of fused-ring (bicyclic) bond motifs is 1. The molecule has 2 rings (SSSR count). The van der Waals surface area contributed by atoms with Crippen LogP contribution in [0.4, 0.5) is 0 Å². The van der Waals surface area contributed by atoms with Crippen molar-refractivity contribution in [2.75, 3.05) is 7.11 Å². The van der Waals surface area contributed by atoms with E-state index in [1.807, 2.05) is 26.1 Å². The van der Waals surface area contributed by atoms with Gasteiger partial charge in [-0.15, -0.1) is 0 Å². The Morgan fingerprint density at radius 1 is 1.07 bits per heavy atom. The SMILES string of the molecule is COc1c(C)cnc2c(C)ccnc12. The third-order valence-electron chi connectivity index (χ3n) is 2.29. The second kappa shape index (κ2) is 3.25. The van der Waals surface area contributed by atoms with E-state index in [2.05, 4.69) is 9.97 Å². The molecule has 2 aromatic rings. The van der Waals surface area contributed by atoms with Gasteiger partial charge in [0.2, 0.25) is 0 Å². The topological polar surface area (TPSA) is 35.0 Å². The van der Waals surface area contributed by atoms with E-state index in [0.717, 1.165) is 27.9 Å². The number of pyridine rings is 2. The van der Waals surface area contributed by atoms with Gasteiger partial charge in [0.05, 0.1) is 12.6 Å². The summed E-state index contributed by atoms with van der Waals surface area (Å²) >= 11 is 0. The Morgan fingerprint density at radius 3 is 2.57 bits per heavy atom.